The number of piperidine rings is 1. The smallest absolute Gasteiger partial charge is 0.227 e. The molecule has 1 saturated heterocycles. The van der Waals surface area contributed by atoms with Gasteiger partial charge in [-0.2, -0.15) is 5.26 Å². The summed E-state index contributed by atoms with van der Waals surface area (Å²) in [6, 6.07) is 20.3. The lowest BCUT2D eigenvalue weighted by atomic mass is 9.79. The second kappa shape index (κ2) is 9.88. The van der Waals surface area contributed by atoms with E-state index in [0.29, 0.717) is 18.5 Å². The predicted molar refractivity (Wildman–Crippen MR) is 120 cm³/mol. The van der Waals surface area contributed by atoms with Gasteiger partial charge in [-0.05, 0) is 63.7 Å². The molecule has 0 radical (unpaired) electrons. The van der Waals surface area contributed by atoms with E-state index in [2.05, 4.69) is 60.7 Å². The summed E-state index contributed by atoms with van der Waals surface area (Å²) < 4.78 is 0. The van der Waals surface area contributed by atoms with Crippen LogP contribution in [0.4, 0.5) is 0 Å². The summed E-state index contributed by atoms with van der Waals surface area (Å²) >= 11 is 0. The normalized spacial score (nSPS) is 16.8. The van der Waals surface area contributed by atoms with E-state index in [1.54, 1.807) is 0 Å². The third-order valence-electron chi connectivity index (χ3n) is 6.43. The number of carbonyl (C=O) groups excluding carboxylic acids is 1. The van der Waals surface area contributed by atoms with Gasteiger partial charge < -0.3 is 10.2 Å². The van der Waals surface area contributed by atoms with Crippen molar-refractivity contribution in [2.45, 2.75) is 24.8 Å². The molecule has 0 spiro atoms. The van der Waals surface area contributed by atoms with E-state index in [1.807, 2.05) is 36.2 Å². The molecule has 1 aliphatic heterocycles. The maximum absolute atomic E-state index is 13.4. The average Bonchev–Trinajstić information content (AvgIpc) is 2.79. The summed E-state index contributed by atoms with van der Waals surface area (Å²) in [4.78, 5) is 17.7. The van der Waals surface area contributed by atoms with E-state index >= 15 is 0 Å². The van der Waals surface area contributed by atoms with E-state index in [9.17, 15) is 4.79 Å². The van der Waals surface area contributed by atoms with Crippen LogP contribution in [0.3, 0.4) is 0 Å². The SMILES string of the molecule is CNCC(Cc1ccc(C#N)cc1)C(=O)N1CCC(c2ccccc2)(N(C)C)CC1. The molecule has 2 aromatic carbocycles. The molecule has 1 fully saturated rings. The molecule has 0 aromatic heterocycles. The van der Waals surface area contributed by atoms with Crippen LogP contribution < -0.4 is 5.32 Å². The Morgan fingerprint density at radius 2 is 1.77 bits per heavy atom. The first-order chi connectivity index (χ1) is 14.5. The Morgan fingerprint density at radius 1 is 1.13 bits per heavy atom. The highest BCUT2D eigenvalue weighted by atomic mass is 16.2. The third-order valence-corrected chi connectivity index (χ3v) is 6.43. The van der Waals surface area contributed by atoms with Gasteiger partial charge in [0.25, 0.3) is 0 Å². The number of nitriles is 1. The van der Waals surface area contributed by atoms with Crippen LogP contribution in [-0.4, -0.2) is 56.5 Å². The lowest BCUT2D eigenvalue weighted by Crippen LogP contribution is -2.53. The van der Waals surface area contributed by atoms with Crippen molar-refractivity contribution in [3.63, 3.8) is 0 Å². The van der Waals surface area contributed by atoms with Crippen LogP contribution in [0.15, 0.2) is 54.6 Å². The van der Waals surface area contributed by atoms with E-state index in [-0.39, 0.29) is 17.4 Å². The van der Waals surface area contributed by atoms with Crippen molar-refractivity contribution >= 4 is 5.91 Å². The highest BCUT2D eigenvalue weighted by Crippen LogP contribution is 2.37. The highest BCUT2D eigenvalue weighted by molar-refractivity contribution is 5.79. The number of nitrogens with one attached hydrogen (secondary N) is 1. The van der Waals surface area contributed by atoms with Gasteiger partial charge in [0.05, 0.1) is 17.6 Å². The fraction of sp³-hybridized carbons (Fsp3) is 0.440. The fourth-order valence-corrected chi connectivity index (χ4v) is 4.59. The predicted octanol–water partition coefficient (Wildman–Crippen LogP) is 3.02. The van der Waals surface area contributed by atoms with Crippen LogP contribution in [0.1, 0.15) is 29.5 Å². The number of hydrogen-bond acceptors (Lipinski definition) is 4. The molecule has 1 amide bonds. The molecule has 5 nitrogen and oxygen atoms in total. The molecule has 1 aliphatic rings. The second-order valence-electron chi connectivity index (χ2n) is 8.38. The summed E-state index contributed by atoms with van der Waals surface area (Å²) in [5, 5.41) is 12.2. The van der Waals surface area contributed by atoms with Crippen LogP contribution in [0, 0.1) is 17.2 Å². The first kappa shape index (κ1) is 22.0. The first-order valence-corrected chi connectivity index (χ1v) is 10.7. The van der Waals surface area contributed by atoms with E-state index in [1.165, 1.54) is 5.56 Å². The van der Waals surface area contributed by atoms with Crippen LogP contribution >= 0.6 is 0 Å². The molecule has 3 rings (SSSR count). The minimum atomic E-state index is -0.105. The van der Waals surface area contributed by atoms with Crippen molar-refractivity contribution in [2.24, 2.45) is 5.92 Å². The van der Waals surface area contributed by atoms with Gasteiger partial charge in [0.15, 0.2) is 0 Å². The molecule has 2 aromatic rings. The summed E-state index contributed by atoms with van der Waals surface area (Å²) in [6.07, 6.45) is 2.54. The Labute approximate surface area is 180 Å². The molecule has 158 valence electrons. The zero-order valence-corrected chi connectivity index (χ0v) is 18.3. The molecule has 0 saturated carbocycles. The number of benzene rings is 2. The van der Waals surface area contributed by atoms with E-state index < -0.39 is 0 Å². The third kappa shape index (κ3) is 4.72. The monoisotopic (exact) mass is 404 g/mol. The molecule has 0 aliphatic carbocycles. The standard InChI is InChI=1S/C25H32N4O/c1-27-19-22(17-20-9-11-21(18-26)12-10-20)24(30)29-15-13-25(14-16-29,28(2)3)23-7-5-4-6-8-23/h4-12,22,27H,13-17,19H2,1-3H3. The number of hydrogen-bond donors (Lipinski definition) is 1. The van der Waals surface area contributed by atoms with Gasteiger partial charge in [-0.25, -0.2) is 0 Å². The molecular formula is C25H32N4O. The van der Waals surface area contributed by atoms with Crippen LogP contribution in [0.25, 0.3) is 0 Å². The van der Waals surface area contributed by atoms with Crippen molar-refractivity contribution in [1.29, 1.82) is 5.26 Å². The van der Waals surface area contributed by atoms with Gasteiger partial charge >= 0.3 is 0 Å². The van der Waals surface area contributed by atoms with Gasteiger partial charge in [0.1, 0.15) is 0 Å². The summed E-state index contributed by atoms with van der Waals surface area (Å²) in [5.74, 6) is 0.112. The largest absolute Gasteiger partial charge is 0.342 e. The average molecular weight is 405 g/mol. The molecule has 1 heterocycles. The van der Waals surface area contributed by atoms with E-state index in [0.717, 1.165) is 31.5 Å². The number of amides is 1. The van der Waals surface area contributed by atoms with Gasteiger partial charge in [-0.15, -0.1) is 0 Å². The second-order valence-corrected chi connectivity index (χ2v) is 8.38. The highest BCUT2D eigenvalue weighted by Gasteiger charge is 2.40. The topological polar surface area (TPSA) is 59.4 Å². The zero-order valence-electron chi connectivity index (χ0n) is 18.3. The Kier molecular flexibility index (Phi) is 7.25. The number of rotatable bonds is 7. The van der Waals surface area contributed by atoms with Crippen molar-refractivity contribution in [1.82, 2.24) is 15.1 Å². The van der Waals surface area contributed by atoms with Crippen molar-refractivity contribution in [3.8, 4) is 6.07 Å². The minimum Gasteiger partial charge on any atom is -0.342 e. The maximum Gasteiger partial charge on any atom is 0.227 e. The van der Waals surface area contributed by atoms with Crippen molar-refractivity contribution < 1.29 is 4.79 Å². The Hall–Kier alpha value is -2.68. The summed E-state index contributed by atoms with van der Waals surface area (Å²) in [6.45, 7) is 2.17. The molecule has 0 bridgehead atoms. The number of nitrogens with zero attached hydrogens (tertiary/aromatic N) is 3. The zero-order chi connectivity index (χ0) is 21.6. The van der Waals surface area contributed by atoms with Gasteiger partial charge in [-0.3, -0.25) is 9.69 Å². The quantitative estimate of drug-likeness (QED) is 0.771. The fourth-order valence-electron chi connectivity index (χ4n) is 4.59. The Balaban J connectivity index is 1.70. The van der Waals surface area contributed by atoms with Gasteiger partial charge in [-0.1, -0.05) is 42.5 Å². The number of likely N-dealkylation sites (tertiary alicyclic amines) is 1. The van der Waals surface area contributed by atoms with E-state index in [4.69, 9.17) is 5.26 Å². The molecule has 1 N–H and O–H groups in total. The molecule has 5 heteroatoms. The Bertz CT molecular complexity index is 862. The van der Waals surface area contributed by atoms with Crippen LogP contribution in [0.5, 0.6) is 0 Å². The van der Waals surface area contributed by atoms with Crippen LogP contribution in [-0.2, 0) is 16.8 Å². The lowest BCUT2D eigenvalue weighted by molar-refractivity contribution is -0.138. The number of carbonyl (C=O) groups is 1. The summed E-state index contributed by atoms with van der Waals surface area (Å²) in [7, 11) is 6.17. The summed E-state index contributed by atoms with van der Waals surface area (Å²) in [5.41, 5.74) is 3.04. The van der Waals surface area contributed by atoms with Crippen LogP contribution in [0.2, 0.25) is 0 Å². The first-order valence-electron chi connectivity index (χ1n) is 10.7. The molecular weight excluding hydrogens is 372 g/mol. The van der Waals surface area contributed by atoms with Gasteiger partial charge in [0.2, 0.25) is 5.91 Å². The van der Waals surface area contributed by atoms with Crippen molar-refractivity contribution in [2.75, 3.05) is 40.8 Å². The Morgan fingerprint density at radius 3 is 2.30 bits per heavy atom. The maximum atomic E-state index is 13.4. The van der Waals surface area contributed by atoms with Crippen molar-refractivity contribution in [3.05, 3.63) is 71.3 Å². The molecule has 1 atom stereocenters. The minimum absolute atomic E-state index is 0.0241. The lowest BCUT2D eigenvalue weighted by Gasteiger charge is -2.47. The molecule has 1 unspecified atom stereocenters. The van der Waals surface area contributed by atoms with Gasteiger partial charge in [0, 0.05) is 25.2 Å². The molecule has 30 heavy (non-hydrogen) atoms.